The minimum atomic E-state index is -0.600. The second-order valence-electron chi connectivity index (χ2n) is 9.02. The number of carbonyl (C=O) groups excluding carboxylic acids is 1. The molecule has 0 saturated carbocycles. The fourth-order valence-electron chi connectivity index (χ4n) is 3.75. The lowest BCUT2D eigenvalue weighted by Crippen LogP contribution is -2.36. The van der Waals surface area contributed by atoms with Gasteiger partial charge in [0.1, 0.15) is 5.60 Å². The van der Waals surface area contributed by atoms with E-state index in [9.17, 15) is 4.79 Å². The van der Waals surface area contributed by atoms with Gasteiger partial charge in [-0.05, 0) is 63.1 Å². The van der Waals surface area contributed by atoms with E-state index in [-0.39, 0.29) is 6.09 Å². The van der Waals surface area contributed by atoms with Crippen molar-refractivity contribution in [2.24, 2.45) is 0 Å². The summed E-state index contributed by atoms with van der Waals surface area (Å²) >= 11 is 3.72. The van der Waals surface area contributed by atoms with Crippen LogP contribution in [0.15, 0.2) is 83.3 Å². The van der Waals surface area contributed by atoms with Crippen LogP contribution in [-0.4, -0.2) is 16.7 Å². The third-order valence-electron chi connectivity index (χ3n) is 5.27. The van der Waals surface area contributed by atoms with Gasteiger partial charge in [-0.25, -0.2) is 9.78 Å². The first-order chi connectivity index (χ1) is 15.7. The number of nitrogens with zero attached hydrogens (tertiary/aromatic N) is 2. The zero-order valence-electron chi connectivity index (χ0n) is 19.3. The molecular weight excluding hydrogens is 476 g/mol. The van der Waals surface area contributed by atoms with Crippen LogP contribution in [0.1, 0.15) is 31.9 Å². The van der Waals surface area contributed by atoms with Crippen LogP contribution in [0, 0.1) is 6.92 Å². The van der Waals surface area contributed by atoms with E-state index in [0.29, 0.717) is 6.54 Å². The van der Waals surface area contributed by atoms with Gasteiger partial charge in [0.05, 0.1) is 17.8 Å². The molecule has 0 atom stereocenters. The van der Waals surface area contributed by atoms with Crippen LogP contribution in [0.2, 0.25) is 0 Å². The average Bonchev–Trinajstić information content (AvgIpc) is 2.79. The molecular formula is C28H27BrN2O2. The van der Waals surface area contributed by atoms with Crippen LogP contribution in [-0.2, 0) is 11.3 Å². The molecule has 0 aliphatic carbocycles. The summed E-state index contributed by atoms with van der Waals surface area (Å²) in [6.07, 6.45) is -0.385. The molecule has 0 radical (unpaired) electrons. The van der Waals surface area contributed by atoms with Crippen molar-refractivity contribution >= 4 is 38.6 Å². The SMILES string of the molecule is Cc1ccc(Br)c2c(CN(C(=O)OC(C)(C)C)c3ccccc3)cc(-c3ccccc3)nc12. The Morgan fingerprint density at radius 2 is 1.61 bits per heavy atom. The molecule has 0 aliphatic heterocycles. The van der Waals surface area contributed by atoms with Gasteiger partial charge in [0.2, 0.25) is 0 Å². The molecule has 0 unspecified atom stereocenters. The smallest absolute Gasteiger partial charge is 0.415 e. The second kappa shape index (κ2) is 9.36. The van der Waals surface area contributed by atoms with Crippen LogP contribution < -0.4 is 4.90 Å². The highest BCUT2D eigenvalue weighted by Crippen LogP contribution is 2.34. The van der Waals surface area contributed by atoms with Crippen LogP contribution >= 0.6 is 15.9 Å². The number of hydrogen-bond acceptors (Lipinski definition) is 3. The molecule has 33 heavy (non-hydrogen) atoms. The molecule has 0 bridgehead atoms. The number of aromatic nitrogens is 1. The van der Waals surface area contributed by atoms with Gasteiger partial charge >= 0.3 is 6.09 Å². The van der Waals surface area contributed by atoms with Crippen LogP contribution in [0.4, 0.5) is 10.5 Å². The number of ether oxygens (including phenoxy) is 1. The maximum Gasteiger partial charge on any atom is 0.415 e. The van der Waals surface area contributed by atoms with Crippen molar-refractivity contribution in [3.8, 4) is 11.3 Å². The molecule has 168 valence electrons. The molecule has 0 N–H and O–H groups in total. The van der Waals surface area contributed by atoms with Crippen molar-refractivity contribution in [1.82, 2.24) is 4.98 Å². The van der Waals surface area contributed by atoms with Gasteiger partial charge in [-0.3, -0.25) is 4.90 Å². The molecule has 0 saturated heterocycles. The lowest BCUT2D eigenvalue weighted by molar-refractivity contribution is 0.0577. The largest absolute Gasteiger partial charge is 0.443 e. The molecule has 3 aromatic carbocycles. The van der Waals surface area contributed by atoms with E-state index in [4.69, 9.17) is 9.72 Å². The highest BCUT2D eigenvalue weighted by molar-refractivity contribution is 9.10. The molecule has 5 heteroatoms. The number of carbonyl (C=O) groups is 1. The topological polar surface area (TPSA) is 42.4 Å². The lowest BCUT2D eigenvalue weighted by Gasteiger charge is -2.28. The van der Waals surface area contributed by atoms with Crippen molar-refractivity contribution in [3.05, 3.63) is 94.5 Å². The molecule has 4 rings (SSSR count). The van der Waals surface area contributed by atoms with Crippen LogP contribution in [0.5, 0.6) is 0 Å². The van der Waals surface area contributed by atoms with Crippen molar-refractivity contribution in [1.29, 1.82) is 0 Å². The first-order valence-electron chi connectivity index (χ1n) is 10.9. The number of anilines is 1. The predicted octanol–water partition coefficient (Wildman–Crippen LogP) is 7.91. The fraction of sp³-hybridized carbons (Fsp3) is 0.214. The summed E-state index contributed by atoms with van der Waals surface area (Å²) in [6, 6.07) is 25.9. The Morgan fingerprint density at radius 1 is 0.970 bits per heavy atom. The Morgan fingerprint density at radius 3 is 2.24 bits per heavy atom. The Kier molecular flexibility index (Phi) is 6.52. The zero-order chi connectivity index (χ0) is 23.6. The summed E-state index contributed by atoms with van der Waals surface area (Å²) in [5.41, 5.74) is 5.07. The molecule has 1 aromatic heterocycles. The van der Waals surface area contributed by atoms with Gasteiger partial charge in [-0.1, -0.05) is 70.5 Å². The maximum atomic E-state index is 13.3. The first kappa shape index (κ1) is 23.0. The van der Waals surface area contributed by atoms with Gasteiger partial charge in [0, 0.05) is 21.1 Å². The molecule has 1 heterocycles. The number of halogens is 1. The Balaban J connectivity index is 1.89. The monoisotopic (exact) mass is 502 g/mol. The quantitative estimate of drug-likeness (QED) is 0.284. The van der Waals surface area contributed by atoms with Crippen molar-refractivity contribution in [2.75, 3.05) is 4.90 Å². The zero-order valence-corrected chi connectivity index (χ0v) is 20.9. The lowest BCUT2D eigenvalue weighted by atomic mass is 10.0. The summed E-state index contributed by atoms with van der Waals surface area (Å²) in [7, 11) is 0. The first-order valence-corrected chi connectivity index (χ1v) is 11.7. The van der Waals surface area contributed by atoms with E-state index in [1.54, 1.807) is 4.90 Å². The normalized spacial score (nSPS) is 11.4. The van der Waals surface area contributed by atoms with Gasteiger partial charge in [-0.15, -0.1) is 0 Å². The highest BCUT2D eigenvalue weighted by atomic mass is 79.9. The highest BCUT2D eigenvalue weighted by Gasteiger charge is 2.25. The number of benzene rings is 3. The number of pyridine rings is 1. The molecule has 0 spiro atoms. The minimum absolute atomic E-state index is 0.347. The van der Waals surface area contributed by atoms with Crippen LogP contribution in [0.3, 0.4) is 0 Å². The summed E-state index contributed by atoms with van der Waals surface area (Å²) in [5, 5.41) is 0.999. The van der Waals surface area contributed by atoms with Gasteiger partial charge in [0.25, 0.3) is 0 Å². The van der Waals surface area contributed by atoms with E-state index in [2.05, 4.69) is 35.0 Å². The number of para-hydroxylation sites is 1. The summed E-state index contributed by atoms with van der Waals surface area (Å²) in [4.78, 5) is 20.0. The summed E-state index contributed by atoms with van der Waals surface area (Å²) in [6.45, 7) is 8.04. The fourth-order valence-corrected chi connectivity index (χ4v) is 4.32. The molecule has 4 nitrogen and oxygen atoms in total. The van der Waals surface area contributed by atoms with Gasteiger partial charge in [0.15, 0.2) is 0 Å². The van der Waals surface area contributed by atoms with E-state index in [1.165, 1.54) is 0 Å². The number of hydrogen-bond donors (Lipinski definition) is 0. The predicted molar refractivity (Wildman–Crippen MR) is 138 cm³/mol. The van der Waals surface area contributed by atoms with E-state index in [0.717, 1.165) is 43.4 Å². The number of rotatable bonds is 4. The van der Waals surface area contributed by atoms with Crippen LogP contribution in [0.25, 0.3) is 22.2 Å². The molecule has 4 aromatic rings. The van der Waals surface area contributed by atoms with Gasteiger partial charge < -0.3 is 4.74 Å². The van der Waals surface area contributed by atoms with E-state index in [1.807, 2.05) is 87.5 Å². The Labute approximate surface area is 203 Å². The minimum Gasteiger partial charge on any atom is -0.443 e. The number of aryl methyl sites for hydroxylation is 1. The van der Waals surface area contributed by atoms with Crippen molar-refractivity contribution in [3.63, 3.8) is 0 Å². The van der Waals surface area contributed by atoms with E-state index >= 15 is 0 Å². The summed E-state index contributed by atoms with van der Waals surface area (Å²) in [5.74, 6) is 0. The third kappa shape index (κ3) is 5.25. The average molecular weight is 503 g/mol. The molecule has 0 fully saturated rings. The number of fused-ring (bicyclic) bond motifs is 1. The third-order valence-corrected chi connectivity index (χ3v) is 5.93. The van der Waals surface area contributed by atoms with E-state index < -0.39 is 5.60 Å². The van der Waals surface area contributed by atoms with Crippen molar-refractivity contribution in [2.45, 2.75) is 39.8 Å². The number of amides is 1. The standard InChI is InChI=1S/C28H27BrN2O2/c1-19-15-16-23(29)25-21(17-24(30-26(19)25)20-11-7-5-8-12-20)18-31(22-13-9-6-10-14-22)27(32)33-28(2,3)4/h5-17H,18H2,1-4H3. The Hall–Kier alpha value is -3.18. The molecule has 0 aliphatic rings. The second-order valence-corrected chi connectivity index (χ2v) is 9.88. The Bertz CT molecular complexity index is 1280. The van der Waals surface area contributed by atoms with Gasteiger partial charge in [-0.2, -0.15) is 0 Å². The van der Waals surface area contributed by atoms with Crippen molar-refractivity contribution < 1.29 is 9.53 Å². The summed E-state index contributed by atoms with van der Waals surface area (Å²) < 4.78 is 6.71. The molecule has 1 amide bonds. The maximum absolute atomic E-state index is 13.3.